The van der Waals surface area contributed by atoms with Gasteiger partial charge in [0, 0.05) is 30.7 Å². The fourth-order valence-corrected chi connectivity index (χ4v) is 5.00. The number of rotatable bonds is 9. The summed E-state index contributed by atoms with van der Waals surface area (Å²) < 4.78 is 56.4. The van der Waals surface area contributed by atoms with E-state index < -0.39 is 38.8 Å². The van der Waals surface area contributed by atoms with Gasteiger partial charge in [0.1, 0.15) is 21.2 Å². The minimum Gasteiger partial charge on any atom is -0.438 e. The summed E-state index contributed by atoms with van der Waals surface area (Å²) in [7, 11) is -3.31. The molecule has 7 nitrogen and oxygen atoms in total. The van der Waals surface area contributed by atoms with Crippen LogP contribution >= 0.6 is 12.6 Å². The maximum atomic E-state index is 13.7. The van der Waals surface area contributed by atoms with Crippen molar-refractivity contribution in [3.63, 3.8) is 0 Å². The second-order valence-electron chi connectivity index (χ2n) is 7.71. The highest BCUT2D eigenvalue weighted by Gasteiger charge is 2.38. The Morgan fingerprint density at radius 3 is 2.52 bits per heavy atom. The Morgan fingerprint density at radius 2 is 1.97 bits per heavy atom. The molecule has 1 aliphatic rings. The first kappa shape index (κ1) is 23.4. The number of para-hydroxylation sites is 1. The lowest BCUT2D eigenvalue weighted by molar-refractivity contribution is 0.00707. The molecule has 1 N–H and O–H groups in total. The lowest BCUT2D eigenvalue weighted by Crippen LogP contribution is -2.45. The molecule has 0 saturated heterocycles. The van der Waals surface area contributed by atoms with Gasteiger partial charge in [-0.15, -0.1) is 0 Å². The molecule has 1 amide bonds. The number of amides is 1. The second-order valence-corrected chi connectivity index (χ2v) is 10.6. The number of hydrogen-bond donors (Lipinski definition) is 2. The minimum atomic E-state index is -3.33. The summed E-state index contributed by atoms with van der Waals surface area (Å²) in [5.41, 5.74) is -0.137. The van der Waals surface area contributed by atoms with Crippen molar-refractivity contribution >= 4 is 28.4 Å². The molecule has 1 heterocycles. The van der Waals surface area contributed by atoms with Crippen molar-refractivity contribution in [3.8, 4) is 11.6 Å². The molecule has 1 fully saturated rings. The van der Waals surface area contributed by atoms with Crippen molar-refractivity contribution in [2.45, 2.75) is 37.0 Å². The maximum absolute atomic E-state index is 13.7. The number of halogens is 2. The van der Waals surface area contributed by atoms with Gasteiger partial charge in [-0.3, -0.25) is 4.79 Å². The van der Waals surface area contributed by atoms with Crippen molar-refractivity contribution in [1.29, 1.82) is 0 Å². The standard InChI is InChI=1S/C20H23F2N3O4S2/c1-20(21,22)19-23-10-14(18(25-19)29-13-6-4-3-5-7-13)17(26)24-16(12-8-9-12)15(30)11-31(2,27)28/h3-7,10,12,15-16,30H,8-9,11H2,1-2H3,(H,24,26)/t15-,16-/m0/s1. The van der Waals surface area contributed by atoms with E-state index in [1.165, 1.54) is 0 Å². The summed E-state index contributed by atoms with van der Waals surface area (Å²) in [6.45, 7) is 0.647. The molecule has 1 aromatic heterocycles. The van der Waals surface area contributed by atoms with Gasteiger partial charge in [0.05, 0.1) is 5.75 Å². The molecule has 0 unspecified atom stereocenters. The molecular formula is C20H23F2N3O4S2. The Hall–Kier alpha value is -2.27. The number of nitrogens with one attached hydrogen (secondary N) is 1. The molecular weight excluding hydrogens is 448 g/mol. The molecule has 3 rings (SSSR count). The van der Waals surface area contributed by atoms with Crippen LogP contribution in [0.4, 0.5) is 8.78 Å². The number of benzene rings is 1. The molecule has 168 valence electrons. The lowest BCUT2D eigenvalue weighted by atomic mass is 10.1. The maximum Gasteiger partial charge on any atom is 0.303 e. The second kappa shape index (κ2) is 9.07. The van der Waals surface area contributed by atoms with Gasteiger partial charge in [-0.05, 0) is 30.9 Å². The van der Waals surface area contributed by atoms with Gasteiger partial charge in [-0.25, -0.2) is 13.4 Å². The van der Waals surface area contributed by atoms with Crippen LogP contribution in [-0.2, 0) is 15.8 Å². The van der Waals surface area contributed by atoms with Crippen molar-refractivity contribution in [2.75, 3.05) is 12.0 Å². The summed E-state index contributed by atoms with van der Waals surface area (Å²) in [6.07, 6.45) is 3.75. The average molecular weight is 472 g/mol. The number of carbonyl (C=O) groups is 1. The zero-order valence-corrected chi connectivity index (χ0v) is 18.7. The molecule has 0 bridgehead atoms. The van der Waals surface area contributed by atoms with E-state index in [4.69, 9.17) is 4.74 Å². The fraction of sp³-hybridized carbons (Fsp3) is 0.450. The highest BCUT2D eigenvalue weighted by molar-refractivity contribution is 7.92. The van der Waals surface area contributed by atoms with Crippen LogP contribution in [0, 0.1) is 5.92 Å². The molecule has 0 spiro atoms. The monoisotopic (exact) mass is 471 g/mol. The van der Waals surface area contributed by atoms with Crippen LogP contribution in [0.5, 0.6) is 11.6 Å². The lowest BCUT2D eigenvalue weighted by Gasteiger charge is -2.24. The van der Waals surface area contributed by atoms with Gasteiger partial charge in [0.15, 0.2) is 0 Å². The van der Waals surface area contributed by atoms with Gasteiger partial charge in [0.25, 0.3) is 5.91 Å². The van der Waals surface area contributed by atoms with E-state index in [0.29, 0.717) is 12.7 Å². The largest absolute Gasteiger partial charge is 0.438 e. The van der Waals surface area contributed by atoms with Crippen LogP contribution in [-0.4, -0.2) is 47.6 Å². The van der Waals surface area contributed by atoms with Crippen molar-refractivity contribution in [1.82, 2.24) is 15.3 Å². The Kier molecular flexibility index (Phi) is 6.85. The SMILES string of the molecule is CC(F)(F)c1ncc(C(=O)N[C@@H](C2CC2)[C@@H](S)CS(C)(=O)=O)c(Oc2ccccc2)n1. The van der Waals surface area contributed by atoms with E-state index >= 15 is 0 Å². The van der Waals surface area contributed by atoms with Gasteiger partial charge in [-0.1, -0.05) is 18.2 Å². The van der Waals surface area contributed by atoms with Crippen molar-refractivity contribution in [3.05, 3.63) is 47.9 Å². The summed E-state index contributed by atoms with van der Waals surface area (Å²) in [5, 5.41) is 2.15. The van der Waals surface area contributed by atoms with Crippen LogP contribution in [0.15, 0.2) is 36.5 Å². The smallest absolute Gasteiger partial charge is 0.303 e. The summed E-state index contributed by atoms with van der Waals surface area (Å²) in [6, 6.07) is 7.80. The summed E-state index contributed by atoms with van der Waals surface area (Å²) in [5.74, 6) is -4.88. The molecule has 0 radical (unpaired) electrons. The summed E-state index contributed by atoms with van der Waals surface area (Å²) in [4.78, 5) is 20.4. The van der Waals surface area contributed by atoms with E-state index in [1.807, 2.05) is 0 Å². The van der Waals surface area contributed by atoms with Gasteiger partial charge >= 0.3 is 5.92 Å². The van der Waals surface area contributed by atoms with E-state index in [-0.39, 0.29) is 23.1 Å². The number of ether oxygens (including phenoxy) is 1. The minimum absolute atomic E-state index is 0.0897. The van der Waals surface area contributed by atoms with Crippen LogP contribution in [0.1, 0.15) is 35.9 Å². The number of aromatic nitrogens is 2. The van der Waals surface area contributed by atoms with Crippen molar-refractivity contribution < 1.29 is 26.7 Å². The Labute approximate surface area is 185 Å². The van der Waals surface area contributed by atoms with E-state index in [2.05, 4.69) is 27.9 Å². The van der Waals surface area contributed by atoms with Gasteiger partial charge in [0.2, 0.25) is 11.7 Å². The van der Waals surface area contributed by atoms with Crippen LogP contribution in [0.25, 0.3) is 0 Å². The number of carbonyl (C=O) groups excluding carboxylic acids is 1. The molecule has 1 saturated carbocycles. The molecule has 11 heteroatoms. The zero-order valence-electron chi connectivity index (χ0n) is 17.0. The predicted octanol–water partition coefficient (Wildman–Crippen LogP) is 3.23. The number of sulfone groups is 1. The third-order valence-corrected chi connectivity index (χ3v) is 6.38. The molecule has 2 atom stereocenters. The predicted molar refractivity (Wildman–Crippen MR) is 115 cm³/mol. The first-order valence-electron chi connectivity index (χ1n) is 9.59. The number of nitrogens with zero attached hydrogens (tertiary/aromatic N) is 2. The third kappa shape index (κ3) is 6.60. The van der Waals surface area contributed by atoms with Crippen molar-refractivity contribution in [2.24, 2.45) is 5.92 Å². The summed E-state index contributed by atoms with van der Waals surface area (Å²) >= 11 is 4.39. The first-order chi connectivity index (χ1) is 14.4. The Balaban J connectivity index is 1.89. The van der Waals surface area contributed by atoms with E-state index in [1.54, 1.807) is 30.3 Å². The number of thiol groups is 1. The number of hydrogen-bond acceptors (Lipinski definition) is 7. The fourth-order valence-electron chi connectivity index (χ4n) is 3.04. The molecule has 1 aromatic carbocycles. The highest BCUT2D eigenvalue weighted by Crippen LogP contribution is 2.36. The van der Waals surface area contributed by atoms with Crippen LogP contribution in [0.2, 0.25) is 0 Å². The first-order valence-corrected chi connectivity index (χ1v) is 12.2. The van der Waals surface area contributed by atoms with Gasteiger partial charge in [-0.2, -0.15) is 26.4 Å². The third-order valence-electron chi connectivity index (χ3n) is 4.66. The Bertz CT molecular complexity index is 1040. The molecule has 2 aromatic rings. The number of alkyl halides is 2. The van der Waals surface area contributed by atoms with Gasteiger partial charge < -0.3 is 10.1 Å². The molecule has 1 aliphatic carbocycles. The molecule has 0 aliphatic heterocycles. The highest BCUT2D eigenvalue weighted by atomic mass is 32.2. The Morgan fingerprint density at radius 1 is 1.32 bits per heavy atom. The average Bonchev–Trinajstić information content (AvgIpc) is 3.49. The quantitative estimate of drug-likeness (QED) is 0.545. The van der Waals surface area contributed by atoms with E-state index in [9.17, 15) is 22.0 Å². The van der Waals surface area contributed by atoms with Crippen LogP contribution < -0.4 is 10.1 Å². The topological polar surface area (TPSA) is 98.2 Å². The zero-order chi connectivity index (χ0) is 22.8. The van der Waals surface area contributed by atoms with Crippen LogP contribution in [0.3, 0.4) is 0 Å². The molecule has 31 heavy (non-hydrogen) atoms. The normalized spacial score (nSPS) is 16.4. The van der Waals surface area contributed by atoms with E-state index in [0.717, 1.165) is 25.3 Å².